The van der Waals surface area contributed by atoms with Crippen molar-refractivity contribution in [3.8, 4) is 18.1 Å². The largest absolute Gasteiger partial charge is 0.481 e. The van der Waals surface area contributed by atoms with Crippen molar-refractivity contribution >= 4 is 54.4 Å². The Morgan fingerprint density at radius 1 is 1.12 bits per heavy atom. The lowest BCUT2D eigenvalue weighted by atomic mass is 9.93. The number of fused-ring (bicyclic) bond motifs is 1. The molecule has 3 heterocycles. The second-order valence-corrected chi connectivity index (χ2v) is 14.4. The first-order valence-electron chi connectivity index (χ1n) is 14.9. The number of thioether (sulfide) groups is 1. The van der Waals surface area contributed by atoms with Crippen LogP contribution in [0.1, 0.15) is 52.1 Å². The Morgan fingerprint density at radius 3 is 2.22 bits per heavy atom. The van der Waals surface area contributed by atoms with E-state index in [1.165, 1.54) is 22.7 Å². The molecule has 0 fully saturated rings. The third-order valence-electron chi connectivity index (χ3n) is 7.20. The van der Waals surface area contributed by atoms with Gasteiger partial charge >= 0.3 is 13.6 Å². The first-order chi connectivity index (χ1) is 23.3. The van der Waals surface area contributed by atoms with Gasteiger partial charge < -0.3 is 25.5 Å². The molecule has 3 aliphatic rings. The number of nitrogens with one attached hydrogen (secondary N) is 1. The van der Waals surface area contributed by atoms with Crippen molar-refractivity contribution in [3.63, 3.8) is 0 Å². The summed E-state index contributed by atoms with van der Waals surface area (Å²) < 4.78 is 31.0. The van der Waals surface area contributed by atoms with Gasteiger partial charge in [-0.2, -0.15) is 4.68 Å². The van der Waals surface area contributed by atoms with Gasteiger partial charge in [0.1, 0.15) is 11.4 Å². The molecule has 2 aromatic rings. The Bertz CT molecular complexity index is 1840. The fourth-order valence-electron chi connectivity index (χ4n) is 4.91. The number of aromatic nitrogens is 3. The Hall–Kier alpha value is -4.60. The molecule has 1 aromatic carbocycles. The molecule has 0 unspecified atom stereocenters. The van der Waals surface area contributed by atoms with E-state index in [1.54, 1.807) is 6.26 Å². The third-order valence-corrected chi connectivity index (χ3v) is 8.48. The first kappa shape index (κ1) is 39.8. The number of nitrogens with two attached hydrogens (primary N) is 1. The fourth-order valence-corrected chi connectivity index (χ4v) is 5.71. The molecular weight excluding hydrogens is 700 g/mol. The highest BCUT2D eigenvalue weighted by Gasteiger charge is 2.41. The van der Waals surface area contributed by atoms with Gasteiger partial charge in [0.25, 0.3) is 23.3 Å². The maximum absolute atomic E-state index is 14.7. The van der Waals surface area contributed by atoms with Crippen LogP contribution in [0.15, 0.2) is 33.2 Å². The maximum atomic E-state index is 14.7. The summed E-state index contributed by atoms with van der Waals surface area (Å²) in [5, 5.41) is 18.2. The number of anilines is 2. The molecule has 6 N–H and O–H groups in total. The number of carboxylic acid groups (broad SMARTS) is 1. The van der Waals surface area contributed by atoms with Gasteiger partial charge in [0.15, 0.2) is 12.4 Å². The minimum Gasteiger partial charge on any atom is -0.481 e. The van der Waals surface area contributed by atoms with Crippen molar-refractivity contribution in [1.82, 2.24) is 20.2 Å². The van der Waals surface area contributed by atoms with Crippen LogP contribution >= 0.6 is 19.4 Å². The number of nitrogen functional groups attached to an aromatic ring is 1. The maximum Gasteiger partial charge on any atom is 0.339 e. The minimum atomic E-state index is -4.10. The summed E-state index contributed by atoms with van der Waals surface area (Å²) in [4.78, 5) is 77.4. The van der Waals surface area contributed by atoms with Gasteiger partial charge in [-0.1, -0.05) is 38.5 Å². The van der Waals surface area contributed by atoms with Crippen LogP contribution in [0.2, 0.25) is 0 Å². The molecule has 270 valence electrons. The van der Waals surface area contributed by atoms with E-state index in [-0.39, 0.29) is 47.2 Å². The summed E-state index contributed by atoms with van der Waals surface area (Å²) in [6.45, 7) is 5.00. The second kappa shape index (κ2) is 16.4. The topological polar surface area (TPSA) is 248 Å². The van der Waals surface area contributed by atoms with E-state index in [0.29, 0.717) is 34.8 Å². The van der Waals surface area contributed by atoms with Crippen molar-refractivity contribution in [2.75, 3.05) is 47.9 Å². The number of aliphatic carboxylic acids is 1. The van der Waals surface area contributed by atoms with Gasteiger partial charge in [-0.05, 0) is 38.0 Å². The quantitative estimate of drug-likeness (QED) is 0.0878. The first-order valence-corrected chi connectivity index (χ1v) is 17.9. The summed E-state index contributed by atoms with van der Waals surface area (Å²) >= 11 is 1.29. The number of hydrogen-bond acceptors (Lipinski definition) is 12. The molecule has 0 spiro atoms. The van der Waals surface area contributed by atoms with Crippen LogP contribution in [-0.2, 0) is 29.2 Å². The number of halogens is 1. The number of benzene rings is 1. The molecule has 0 bridgehead atoms. The number of rotatable bonds is 7. The standard InChI is InChI=1S/C19H15FN2O4.C8H14N4OS.C3H8NO5P/c1-2-7-21-15-9-14(13(20)8-16(15)26-10-17(21)23)22-18(24)11-5-3-4-6-12(11)19(22)25;1-8(2,3)5-6(13)12(9)7(14-4)11-10-5;5-3(6)1-4-2-10(7,8)9/h1,8-9H,3-7,10H2;9H2,1-4H3;4H,1-2H2,(H,5,6)(H2,7,8,9). The van der Waals surface area contributed by atoms with E-state index in [9.17, 15) is 32.9 Å². The summed E-state index contributed by atoms with van der Waals surface area (Å²) in [5.41, 5.74) is 0.767. The predicted octanol–water partition coefficient (Wildman–Crippen LogP) is 1.10. The smallest absolute Gasteiger partial charge is 0.339 e. The van der Waals surface area contributed by atoms with E-state index in [1.807, 2.05) is 20.8 Å². The summed E-state index contributed by atoms with van der Waals surface area (Å²) in [5.74, 6) is 4.83. The molecule has 0 atom stereocenters. The van der Waals surface area contributed by atoms with E-state index in [0.717, 1.165) is 28.5 Å². The summed E-state index contributed by atoms with van der Waals surface area (Å²) in [6.07, 6.45) is 9.21. The lowest BCUT2D eigenvalue weighted by Crippen LogP contribution is -2.39. The number of imide groups is 1. The van der Waals surface area contributed by atoms with Gasteiger partial charge in [-0.15, -0.1) is 16.6 Å². The number of nitrogens with zero attached hydrogens (tertiary/aromatic N) is 5. The predicted molar refractivity (Wildman–Crippen MR) is 181 cm³/mol. The Morgan fingerprint density at radius 2 is 1.72 bits per heavy atom. The zero-order chi connectivity index (χ0) is 37.6. The number of terminal acetylenes is 1. The lowest BCUT2D eigenvalue weighted by molar-refractivity contribution is -0.136. The van der Waals surface area contributed by atoms with Gasteiger partial charge in [-0.3, -0.25) is 38.8 Å². The number of amides is 3. The number of carbonyl (C=O) groups is 4. The van der Waals surface area contributed by atoms with Crippen molar-refractivity contribution in [2.24, 2.45) is 0 Å². The molecule has 3 amide bonds. The fraction of sp³-hybridized carbons (Fsp3) is 0.433. The van der Waals surface area contributed by atoms with Crippen LogP contribution in [0.4, 0.5) is 15.8 Å². The van der Waals surface area contributed by atoms with Crippen molar-refractivity contribution in [3.05, 3.63) is 45.1 Å². The number of hydrogen-bond donors (Lipinski definition) is 5. The normalized spacial score (nSPS) is 15.6. The van der Waals surface area contributed by atoms with E-state index in [2.05, 4.69) is 21.4 Å². The van der Waals surface area contributed by atoms with Crippen molar-refractivity contribution in [2.45, 2.75) is 57.0 Å². The Kier molecular flexibility index (Phi) is 13.1. The molecule has 1 aromatic heterocycles. The average Bonchev–Trinajstić information content (AvgIpc) is 3.28. The van der Waals surface area contributed by atoms with Crippen LogP contribution in [0, 0.1) is 18.2 Å². The molecule has 0 saturated carbocycles. The number of ether oxygens (including phenoxy) is 1. The Labute approximate surface area is 290 Å². The average molecular weight is 738 g/mol. The van der Waals surface area contributed by atoms with Gasteiger partial charge in [-0.25, -0.2) is 9.29 Å². The summed E-state index contributed by atoms with van der Waals surface area (Å²) in [7, 11) is -4.10. The van der Waals surface area contributed by atoms with Crippen molar-refractivity contribution in [1.29, 1.82) is 0 Å². The number of carboxylic acids is 1. The second-order valence-electron chi connectivity index (χ2n) is 12.0. The van der Waals surface area contributed by atoms with E-state index in [4.69, 9.17) is 31.9 Å². The molecule has 2 aliphatic heterocycles. The van der Waals surface area contributed by atoms with Crippen LogP contribution in [-0.4, -0.2) is 85.7 Å². The molecule has 20 heteroatoms. The highest BCUT2D eigenvalue weighted by molar-refractivity contribution is 7.98. The molecular formula is C30H37FN7O10PS. The molecule has 50 heavy (non-hydrogen) atoms. The molecule has 17 nitrogen and oxygen atoms in total. The molecule has 0 saturated heterocycles. The van der Waals surface area contributed by atoms with Gasteiger partial charge in [0.05, 0.1) is 30.8 Å². The van der Waals surface area contributed by atoms with Crippen LogP contribution in [0.3, 0.4) is 0 Å². The number of carbonyl (C=O) groups excluding carboxylic acids is 3. The molecule has 1 aliphatic carbocycles. The van der Waals surface area contributed by atoms with Crippen LogP contribution in [0.5, 0.6) is 5.75 Å². The summed E-state index contributed by atoms with van der Waals surface area (Å²) in [6, 6.07) is 2.37. The van der Waals surface area contributed by atoms with E-state index >= 15 is 0 Å². The van der Waals surface area contributed by atoms with E-state index < -0.39 is 44.0 Å². The SMILES string of the molecule is C#CCN1C(=O)COc2cc(F)c(N3C(=O)C4=C(CCCC4)C3=O)cc21.CSc1nnc(C(C)(C)C)c(=O)n1N.O=C(O)CNCP(=O)(O)O. The van der Waals surface area contributed by atoms with Gasteiger partial charge in [0, 0.05) is 22.6 Å². The third kappa shape index (κ3) is 9.55. The highest BCUT2D eigenvalue weighted by atomic mass is 32.2. The Balaban J connectivity index is 0.000000237. The minimum absolute atomic E-state index is 0.0170. The van der Waals surface area contributed by atoms with Crippen LogP contribution < -0.4 is 31.3 Å². The molecule has 0 radical (unpaired) electrons. The zero-order valence-electron chi connectivity index (χ0n) is 27.6. The lowest BCUT2D eigenvalue weighted by Gasteiger charge is -2.29. The monoisotopic (exact) mass is 737 g/mol. The van der Waals surface area contributed by atoms with Gasteiger partial charge in [0.2, 0.25) is 5.16 Å². The van der Waals surface area contributed by atoms with Crippen molar-refractivity contribution < 1.29 is 47.8 Å². The van der Waals surface area contributed by atoms with Crippen LogP contribution in [0.25, 0.3) is 0 Å². The zero-order valence-corrected chi connectivity index (χ0v) is 29.3. The highest BCUT2D eigenvalue weighted by Crippen LogP contribution is 2.41. The molecule has 5 rings (SSSR count).